The minimum atomic E-state index is -0.249. The van der Waals surface area contributed by atoms with Crippen molar-refractivity contribution >= 4 is 5.91 Å². The Bertz CT molecular complexity index is 474. The lowest BCUT2D eigenvalue weighted by molar-refractivity contribution is -0.132. The van der Waals surface area contributed by atoms with Gasteiger partial charge in [0.05, 0.1) is 6.04 Å². The van der Waals surface area contributed by atoms with Gasteiger partial charge < -0.3 is 4.90 Å². The number of benzene rings is 1. The van der Waals surface area contributed by atoms with E-state index >= 15 is 0 Å². The third-order valence-electron chi connectivity index (χ3n) is 4.29. The second-order valence-electron chi connectivity index (χ2n) is 5.82. The summed E-state index contributed by atoms with van der Waals surface area (Å²) in [4.78, 5) is 14.6. The molecule has 1 saturated heterocycles. The predicted molar refractivity (Wildman–Crippen MR) is 82.2 cm³/mol. The summed E-state index contributed by atoms with van der Waals surface area (Å²) < 4.78 is 13.1. The van der Waals surface area contributed by atoms with Crippen LogP contribution in [0.25, 0.3) is 0 Å². The molecule has 1 aromatic rings. The molecule has 1 heterocycles. The lowest BCUT2D eigenvalue weighted by Crippen LogP contribution is -2.38. The van der Waals surface area contributed by atoms with E-state index < -0.39 is 0 Å². The zero-order valence-electron chi connectivity index (χ0n) is 13.1. The minimum absolute atomic E-state index is 0.117. The van der Waals surface area contributed by atoms with Crippen LogP contribution in [0.2, 0.25) is 0 Å². The molecule has 2 rings (SSSR count). The molecule has 0 spiro atoms. The molecule has 0 bridgehead atoms. The van der Waals surface area contributed by atoms with Crippen LogP contribution in [0.1, 0.15) is 58.2 Å². The molecular formula is C17H25FN2O. The van der Waals surface area contributed by atoms with Crippen molar-refractivity contribution in [3.8, 4) is 0 Å². The van der Waals surface area contributed by atoms with E-state index in [2.05, 4.69) is 26.1 Å². The number of rotatable bonds is 6. The van der Waals surface area contributed by atoms with Crippen LogP contribution in [0, 0.1) is 5.82 Å². The number of unbranched alkanes of at least 4 members (excludes halogenated alkanes) is 1. The van der Waals surface area contributed by atoms with Gasteiger partial charge in [0, 0.05) is 6.04 Å². The molecule has 3 unspecified atom stereocenters. The molecule has 1 aromatic carbocycles. The van der Waals surface area contributed by atoms with Gasteiger partial charge in [0.25, 0.3) is 0 Å². The first-order chi connectivity index (χ1) is 10.1. The number of nitrogens with zero attached hydrogens (tertiary/aromatic N) is 1. The van der Waals surface area contributed by atoms with Gasteiger partial charge in [0.1, 0.15) is 12.0 Å². The van der Waals surface area contributed by atoms with Gasteiger partial charge in [-0.05, 0) is 37.5 Å². The molecule has 1 amide bonds. The van der Waals surface area contributed by atoms with Gasteiger partial charge in [-0.25, -0.2) is 4.39 Å². The third-order valence-corrected chi connectivity index (χ3v) is 4.29. The quantitative estimate of drug-likeness (QED) is 0.868. The highest BCUT2D eigenvalue weighted by Gasteiger charge is 2.40. The Balaban J connectivity index is 2.24. The third kappa shape index (κ3) is 3.43. The first-order valence-electron chi connectivity index (χ1n) is 7.92. The van der Waals surface area contributed by atoms with Crippen molar-refractivity contribution in [3.05, 3.63) is 35.6 Å². The molecular weight excluding hydrogens is 267 g/mol. The van der Waals surface area contributed by atoms with Crippen LogP contribution in [-0.4, -0.2) is 22.9 Å². The van der Waals surface area contributed by atoms with Crippen molar-refractivity contribution in [2.75, 3.05) is 0 Å². The fourth-order valence-corrected chi connectivity index (χ4v) is 2.83. The van der Waals surface area contributed by atoms with Gasteiger partial charge in [-0.3, -0.25) is 10.1 Å². The zero-order chi connectivity index (χ0) is 15.4. The maximum Gasteiger partial charge on any atom is 0.241 e. The predicted octanol–water partition coefficient (Wildman–Crippen LogP) is 3.61. The van der Waals surface area contributed by atoms with Crippen molar-refractivity contribution < 1.29 is 9.18 Å². The molecule has 3 nitrogen and oxygen atoms in total. The fraction of sp³-hybridized carbons (Fsp3) is 0.588. The summed E-state index contributed by atoms with van der Waals surface area (Å²) in [6.07, 6.45) is 3.74. The van der Waals surface area contributed by atoms with Crippen LogP contribution in [0.5, 0.6) is 0 Å². The monoisotopic (exact) mass is 292 g/mol. The van der Waals surface area contributed by atoms with Gasteiger partial charge in [-0.1, -0.05) is 38.8 Å². The summed E-state index contributed by atoms with van der Waals surface area (Å²) in [6, 6.07) is 6.49. The molecule has 0 saturated carbocycles. The molecule has 3 atom stereocenters. The highest BCUT2D eigenvalue weighted by molar-refractivity contribution is 5.84. The van der Waals surface area contributed by atoms with Crippen LogP contribution < -0.4 is 5.32 Å². The van der Waals surface area contributed by atoms with Gasteiger partial charge in [0.15, 0.2) is 0 Å². The number of carbonyl (C=O) groups is 1. The summed E-state index contributed by atoms with van der Waals surface area (Å²) in [5.41, 5.74) is 0.948. The minimum Gasteiger partial charge on any atom is -0.319 e. The van der Waals surface area contributed by atoms with Gasteiger partial charge >= 0.3 is 0 Å². The lowest BCUT2D eigenvalue weighted by atomic mass is 10.1. The second kappa shape index (κ2) is 7.03. The Labute approximate surface area is 126 Å². The van der Waals surface area contributed by atoms with Crippen molar-refractivity contribution in [2.24, 2.45) is 0 Å². The zero-order valence-corrected chi connectivity index (χ0v) is 13.1. The molecule has 1 fully saturated rings. The van der Waals surface area contributed by atoms with Gasteiger partial charge in [-0.15, -0.1) is 0 Å². The number of halogens is 1. The van der Waals surface area contributed by atoms with Crippen molar-refractivity contribution in [1.29, 1.82) is 0 Å². The highest BCUT2D eigenvalue weighted by Crippen LogP contribution is 2.30. The normalized spacial score (nSPS) is 23.6. The van der Waals surface area contributed by atoms with Crippen molar-refractivity contribution in [2.45, 2.75) is 64.7 Å². The average molecular weight is 292 g/mol. The van der Waals surface area contributed by atoms with E-state index in [1.165, 1.54) is 12.1 Å². The van der Waals surface area contributed by atoms with Crippen LogP contribution >= 0.6 is 0 Å². The van der Waals surface area contributed by atoms with Gasteiger partial charge in [-0.2, -0.15) is 0 Å². The number of hydrogen-bond acceptors (Lipinski definition) is 2. The Morgan fingerprint density at radius 3 is 2.52 bits per heavy atom. The molecule has 0 aliphatic carbocycles. The van der Waals surface area contributed by atoms with Gasteiger partial charge in [0.2, 0.25) is 5.91 Å². The molecule has 0 radical (unpaired) electrons. The number of carbonyl (C=O) groups excluding carboxylic acids is 1. The van der Waals surface area contributed by atoms with Crippen LogP contribution in [-0.2, 0) is 4.79 Å². The van der Waals surface area contributed by atoms with Crippen LogP contribution in [0.3, 0.4) is 0 Å². The first kappa shape index (κ1) is 16.0. The van der Waals surface area contributed by atoms with E-state index in [1.54, 1.807) is 12.1 Å². The molecule has 1 aliphatic heterocycles. The largest absolute Gasteiger partial charge is 0.319 e. The first-order valence-corrected chi connectivity index (χ1v) is 7.92. The van der Waals surface area contributed by atoms with E-state index in [0.29, 0.717) is 0 Å². The Morgan fingerprint density at radius 2 is 1.95 bits per heavy atom. The van der Waals surface area contributed by atoms with Crippen molar-refractivity contribution in [3.63, 3.8) is 0 Å². The van der Waals surface area contributed by atoms with E-state index in [-0.39, 0.29) is 30.0 Å². The average Bonchev–Trinajstić information content (AvgIpc) is 2.82. The summed E-state index contributed by atoms with van der Waals surface area (Å²) in [7, 11) is 0. The van der Waals surface area contributed by atoms with Crippen LogP contribution in [0.15, 0.2) is 24.3 Å². The Kier molecular flexibility index (Phi) is 5.34. The highest BCUT2D eigenvalue weighted by atomic mass is 19.1. The maximum atomic E-state index is 13.1. The maximum absolute atomic E-state index is 13.1. The van der Waals surface area contributed by atoms with E-state index in [0.717, 1.165) is 31.2 Å². The standard InChI is InChI=1S/C17H25FN2O/c1-4-6-7-15-17(21)20(12(3)5-2)16(19-15)13-8-10-14(18)11-9-13/h8-12,15-16,19H,4-7H2,1-3H3. The Morgan fingerprint density at radius 1 is 1.29 bits per heavy atom. The molecule has 21 heavy (non-hydrogen) atoms. The van der Waals surface area contributed by atoms with Crippen molar-refractivity contribution in [1.82, 2.24) is 10.2 Å². The Hall–Kier alpha value is -1.42. The van der Waals surface area contributed by atoms with E-state index in [1.807, 2.05) is 4.90 Å². The molecule has 4 heteroatoms. The summed E-state index contributed by atoms with van der Waals surface area (Å²) in [5, 5.41) is 3.43. The second-order valence-corrected chi connectivity index (χ2v) is 5.82. The number of nitrogens with one attached hydrogen (secondary N) is 1. The molecule has 1 N–H and O–H groups in total. The molecule has 116 valence electrons. The summed E-state index contributed by atoms with van der Waals surface area (Å²) in [5.74, 6) is -0.0761. The number of hydrogen-bond donors (Lipinski definition) is 1. The SMILES string of the molecule is CCCCC1NC(c2ccc(F)cc2)N(C(C)CC)C1=O. The molecule has 1 aliphatic rings. The topological polar surface area (TPSA) is 32.3 Å². The fourth-order valence-electron chi connectivity index (χ4n) is 2.83. The summed E-state index contributed by atoms with van der Waals surface area (Å²) >= 11 is 0. The van der Waals surface area contributed by atoms with Crippen LogP contribution in [0.4, 0.5) is 4.39 Å². The lowest BCUT2D eigenvalue weighted by Gasteiger charge is -2.30. The van der Waals surface area contributed by atoms with E-state index in [9.17, 15) is 9.18 Å². The van der Waals surface area contributed by atoms with E-state index in [4.69, 9.17) is 0 Å². The molecule has 0 aromatic heterocycles. The smallest absolute Gasteiger partial charge is 0.241 e. The number of amides is 1. The summed E-state index contributed by atoms with van der Waals surface area (Å²) in [6.45, 7) is 6.28.